The zero-order chi connectivity index (χ0) is 15.8. The van der Waals surface area contributed by atoms with E-state index in [2.05, 4.69) is 0 Å². The van der Waals surface area contributed by atoms with Crippen LogP contribution in [-0.4, -0.2) is 23.4 Å². The fourth-order valence-electron chi connectivity index (χ4n) is 2.89. The Hall–Kier alpha value is -1.72. The smallest absolute Gasteiger partial charge is 0.398 e. The Balaban J connectivity index is 2.36. The van der Waals surface area contributed by atoms with E-state index in [0.29, 0.717) is 6.54 Å². The van der Waals surface area contributed by atoms with E-state index >= 15 is 0 Å². The molecule has 1 fully saturated rings. The molecule has 1 aliphatic rings. The van der Waals surface area contributed by atoms with Crippen molar-refractivity contribution < 1.29 is 18.0 Å². The molecule has 6 heteroatoms. The minimum Gasteiger partial charge on any atom is -0.398 e. The van der Waals surface area contributed by atoms with Gasteiger partial charge in [-0.15, -0.1) is 0 Å². The van der Waals surface area contributed by atoms with Crippen molar-refractivity contribution in [1.82, 2.24) is 4.90 Å². The van der Waals surface area contributed by atoms with Crippen molar-refractivity contribution in [3.05, 3.63) is 29.3 Å². The van der Waals surface area contributed by atoms with Gasteiger partial charge in [-0.05, 0) is 30.9 Å². The first-order chi connectivity index (χ1) is 9.73. The van der Waals surface area contributed by atoms with Crippen LogP contribution in [0.5, 0.6) is 0 Å². The minimum absolute atomic E-state index is 0.0580. The molecule has 1 atom stereocenters. The second-order valence-electron chi connectivity index (χ2n) is 5.72. The third-order valence-electron chi connectivity index (χ3n) is 3.97. The largest absolute Gasteiger partial charge is 0.418 e. The van der Waals surface area contributed by atoms with Gasteiger partial charge in [0.1, 0.15) is 0 Å². The van der Waals surface area contributed by atoms with Gasteiger partial charge in [0, 0.05) is 12.6 Å². The van der Waals surface area contributed by atoms with Crippen molar-refractivity contribution in [1.29, 1.82) is 0 Å². The van der Waals surface area contributed by atoms with Crippen LogP contribution in [0.1, 0.15) is 42.6 Å². The lowest BCUT2D eigenvalue weighted by Crippen LogP contribution is -2.39. The molecule has 1 unspecified atom stereocenters. The SMILES string of the molecule is CC(C)C1CCCN1C(=O)c1cccc(C(F)(F)F)c1N. The first kappa shape index (κ1) is 15.7. The Morgan fingerprint density at radius 1 is 1.38 bits per heavy atom. The van der Waals surface area contributed by atoms with E-state index in [1.165, 1.54) is 12.1 Å². The molecule has 3 nitrogen and oxygen atoms in total. The Morgan fingerprint density at radius 3 is 2.62 bits per heavy atom. The van der Waals surface area contributed by atoms with Crippen molar-refractivity contribution in [2.75, 3.05) is 12.3 Å². The summed E-state index contributed by atoms with van der Waals surface area (Å²) in [4.78, 5) is 14.2. The number of benzene rings is 1. The van der Waals surface area contributed by atoms with Crippen LogP contribution < -0.4 is 5.73 Å². The summed E-state index contributed by atoms with van der Waals surface area (Å²) >= 11 is 0. The Bertz CT molecular complexity index is 540. The molecule has 0 bridgehead atoms. The lowest BCUT2D eigenvalue weighted by molar-refractivity contribution is -0.136. The number of likely N-dealkylation sites (tertiary alicyclic amines) is 1. The van der Waals surface area contributed by atoms with E-state index in [1.807, 2.05) is 13.8 Å². The average molecular weight is 300 g/mol. The van der Waals surface area contributed by atoms with Gasteiger partial charge in [0.2, 0.25) is 0 Å². The van der Waals surface area contributed by atoms with Crippen LogP contribution in [0.4, 0.5) is 18.9 Å². The normalized spacial score (nSPS) is 19.3. The van der Waals surface area contributed by atoms with Crippen LogP contribution in [-0.2, 0) is 6.18 Å². The van der Waals surface area contributed by atoms with Gasteiger partial charge in [-0.25, -0.2) is 0 Å². The number of amides is 1. The number of halogens is 3. The third kappa shape index (κ3) is 2.99. The molecule has 0 radical (unpaired) electrons. The number of hydrogen-bond acceptors (Lipinski definition) is 2. The molecular formula is C15H19F3N2O. The lowest BCUT2D eigenvalue weighted by atomic mass is 10.0. The van der Waals surface area contributed by atoms with E-state index < -0.39 is 23.3 Å². The van der Waals surface area contributed by atoms with E-state index in [9.17, 15) is 18.0 Å². The third-order valence-corrected chi connectivity index (χ3v) is 3.97. The maximum absolute atomic E-state index is 12.9. The Labute approximate surface area is 121 Å². The van der Waals surface area contributed by atoms with Crippen LogP contribution in [0.3, 0.4) is 0 Å². The zero-order valence-electron chi connectivity index (χ0n) is 12.1. The Kier molecular flexibility index (Phi) is 4.16. The molecule has 1 heterocycles. The predicted molar refractivity (Wildman–Crippen MR) is 74.8 cm³/mol. The average Bonchev–Trinajstić information content (AvgIpc) is 2.86. The molecule has 1 aliphatic heterocycles. The van der Waals surface area contributed by atoms with E-state index in [1.54, 1.807) is 4.90 Å². The molecule has 21 heavy (non-hydrogen) atoms. The summed E-state index contributed by atoms with van der Waals surface area (Å²) in [6.07, 6.45) is -2.81. The fourth-order valence-corrected chi connectivity index (χ4v) is 2.89. The van der Waals surface area contributed by atoms with Crippen LogP contribution in [0.2, 0.25) is 0 Å². The van der Waals surface area contributed by atoms with E-state index in [4.69, 9.17) is 5.73 Å². The number of nitrogens with two attached hydrogens (primary N) is 1. The van der Waals surface area contributed by atoms with Crippen molar-refractivity contribution in [2.24, 2.45) is 5.92 Å². The van der Waals surface area contributed by atoms with Crippen molar-refractivity contribution in [3.63, 3.8) is 0 Å². The molecule has 2 N–H and O–H groups in total. The van der Waals surface area contributed by atoms with E-state index in [-0.39, 0.29) is 17.5 Å². The molecular weight excluding hydrogens is 281 g/mol. The van der Waals surface area contributed by atoms with Gasteiger partial charge in [0.25, 0.3) is 5.91 Å². The maximum Gasteiger partial charge on any atom is 0.418 e. The molecule has 2 rings (SSSR count). The topological polar surface area (TPSA) is 46.3 Å². The number of nitrogen functional groups attached to an aromatic ring is 1. The second kappa shape index (κ2) is 5.58. The van der Waals surface area contributed by atoms with Crippen LogP contribution >= 0.6 is 0 Å². The number of anilines is 1. The maximum atomic E-state index is 12.9. The minimum atomic E-state index is -4.55. The summed E-state index contributed by atoms with van der Waals surface area (Å²) in [5.74, 6) is -0.140. The highest BCUT2D eigenvalue weighted by molar-refractivity contribution is 6.00. The monoisotopic (exact) mass is 300 g/mol. The number of nitrogens with zero attached hydrogens (tertiary/aromatic N) is 1. The molecule has 1 aromatic rings. The van der Waals surface area contributed by atoms with Gasteiger partial charge < -0.3 is 10.6 Å². The number of para-hydroxylation sites is 1. The van der Waals surface area contributed by atoms with Gasteiger partial charge in [-0.2, -0.15) is 13.2 Å². The van der Waals surface area contributed by atoms with Gasteiger partial charge in [-0.1, -0.05) is 19.9 Å². The van der Waals surface area contributed by atoms with Crippen LogP contribution in [0.15, 0.2) is 18.2 Å². The molecule has 0 aromatic heterocycles. The summed E-state index contributed by atoms with van der Waals surface area (Å²) in [6.45, 7) is 4.58. The summed E-state index contributed by atoms with van der Waals surface area (Å²) in [5.41, 5.74) is 4.10. The summed E-state index contributed by atoms with van der Waals surface area (Å²) in [6, 6.07) is 3.55. The van der Waals surface area contributed by atoms with Crippen molar-refractivity contribution in [2.45, 2.75) is 38.9 Å². The molecule has 0 aliphatic carbocycles. The molecule has 0 spiro atoms. The van der Waals surface area contributed by atoms with Crippen molar-refractivity contribution >= 4 is 11.6 Å². The number of rotatable bonds is 2. The molecule has 1 amide bonds. The predicted octanol–water partition coefficient (Wildman–Crippen LogP) is 3.55. The molecule has 116 valence electrons. The highest BCUT2D eigenvalue weighted by atomic mass is 19.4. The second-order valence-corrected chi connectivity index (χ2v) is 5.72. The Morgan fingerprint density at radius 2 is 2.05 bits per heavy atom. The fraction of sp³-hybridized carbons (Fsp3) is 0.533. The number of carbonyl (C=O) groups excluding carboxylic acids is 1. The van der Waals surface area contributed by atoms with Gasteiger partial charge in [-0.3, -0.25) is 4.79 Å². The van der Waals surface area contributed by atoms with Crippen molar-refractivity contribution in [3.8, 4) is 0 Å². The zero-order valence-corrected chi connectivity index (χ0v) is 12.1. The standard InChI is InChI=1S/C15H19F3N2O/c1-9(2)12-7-4-8-20(12)14(21)10-5-3-6-11(13(10)19)15(16,17)18/h3,5-6,9,12H,4,7-8,19H2,1-2H3. The van der Waals surface area contributed by atoms with Gasteiger partial charge >= 0.3 is 6.18 Å². The highest BCUT2D eigenvalue weighted by Gasteiger charge is 2.37. The first-order valence-corrected chi connectivity index (χ1v) is 7.00. The first-order valence-electron chi connectivity index (χ1n) is 7.00. The number of carbonyl (C=O) groups is 1. The van der Waals surface area contributed by atoms with Gasteiger partial charge in [0.15, 0.2) is 0 Å². The lowest BCUT2D eigenvalue weighted by Gasteiger charge is -2.28. The van der Waals surface area contributed by atoms with Crippen LogP contribution in [0, 0.1) is 5.92 Å². The number of hydrogen-bond donors (Lipinski definition) is 1. The molecule has 1 saturated heterocycles. The summed E-state index contributed by atoms with van der Waals surface area (Å²) < 4.78 is 38.6. The molecule has 1 aromatic carbocycles. The van der Waals surface area contributed by atoms with Crippen LogP contribution in [0.25, 0.3) is 0 Å². The summed E-state index contributed by atoms with van der Waals surface area (Å²) in [5, 5.41) is 0. The van der Waals surface area contributed by atoms with Gasteiger partial charge in [0.05, 0.1) is 16.8 Å². The quantitative estimate of drug-likeness (QED) is 0.849. The highest BCUT2D eigenvalue weighted by Crippen LogP contribution is 2.36. The van der Waals surface area contributed by atoms with E-state index in [0.717, 1.165) is 18.9 Å². The molecule has 0 saturated carbocycles. The summed E-state index contributed by atoms with van der Waals surface area (Å²) in [7, 11) is 0. The number of alkyl halides is 3.